The Kier molecular flexibility index (Phi) is 4.50. The van der Waals surface area contributed by atoms with E-state index in [0.717, 1.165) is 28.6 Å². The van der Waals surface area contributed by atoms with E-state index in [2.05, 4.69) is 16.9 Å². The standard InChI is InChI=1S/C18H16ClFN2S2/c1-10-5-6-11-15(7-10)24-18-16(11)17(21-9-22-18)23-8-12-13(19)3-2-4-14(12)20/h2-4,9-10H,5-8H2,1H3. The first-order valence-corrected chi connectivity index (χ1v) is 10.1. The van der Waals surface area contributed by atoms with Gasteiger partial charge in [-0.25, -0.2) is 14.4 Å². The topological polar surface area (TPSA) is 25.8 Å². The number of aryl methyl sites for hydroxylation is 1. The van der Waals surface area contributed by atoms with Crippen molar-refractivity contribution in [2.75, 3.05) is 0 Å². The fraction of sp³-hybridized carbons (Fsp3) is 0.333. The second-order valence-corrected chi connectivity index (χ2v) is 8.65. The highest BCUT2D eigenvalue weighted by molar-refractivity contribution is 7.98. The van der Waals surface area contributed by atoms with Gasteiger partial charge in [-0.3, -0.25) is 0 Å². The Morgan fingerprint density at radius 3 is 3.08 bits per heavy atom. The molecule has 1 aliphatic carbocycles. The van der Waals surface area contributed by atoms with Gasteiger partial charge in [0.25, 0.3) is 0 Å². The van der Waals surface area contributed by atoms with Gasteiger partial charge in [0.05, 0.1) is 0 Å². The third-order valence-electron chi connectivity index (χ3n) is 4.47. The Bertz CT molecular complexity index is 889. The average molecular weight is 379 g/mol. The van der Waals surface area contributed by atoms with Crippen molar-refractivity contribution < 1.29 is 4.39 Å². The summed E-state index contributed by atoms with van der Waals surface area (Å²) in [6.45, 7) is 2.30. The van der Waals surface area contributed by atoms with Gasteiger partial charge in [-0.1, -0.05) is 24.6 Å². The van der Waals surface area contributed by atoms with Crippen molar-refractivity contribution in [2.45, 2.75) is 37.0 Å². The number of hydrogen-bond acceptors (Lipinski definition) is 4. The normalized spacial score (nSPS) is 17.2. The molecule has 1 atom stereocenters. The highest BCUT2D eigenvalue weighted by Gasteiger charge is 2.23. The number of aromatic nitrogens is 2. The molecule has 0 amide bonds. The zero-order valence-electron chi connectivity index (χ0n) is 13.2. The molecule has 2 nitrogen and oxygen atoms in total. The van der Waals surface area contributed by atoms with E-state index in [1.807, 2.05) is 0 Å². The van der Waals surface area contributed by atoms with Gasteiger partial charge in [0, 0.05) is 26.6 Å². The summed E-state index contributed by atoms with van der Waals surface area (Å²) < 4.78 is 14.0. The van der Waals surface area contributed by atoms with Crippen LogP contribution in [0.5, 0.6) is 0 Å². The summed E-state index contributed by atoms with van der Waals surface area (Å²) in [4.78, 5) is 11.4. The predicted molar refractivity (Wildman–Crippen MR) is 99.6 cm³/mol. The molecule has 2 aromatic heterocycles. The Hall–Kier alpha value is -1.17. The molecule has 24 heavy (non-hydrogen) atoms. The summed E-state index contributed by atoms with van der Waals surface area (Å²) in [5.41, 5.74) is 1.93. The molecule has 0 fully saturated rings. The number of thioether (sulfide) groups is 1. The zero-order valence-corrected chi connectivity index (χ0v) is 15.6. The van der Waals surface area contributed by atoms with Crippen LogP contribution in [-0.2, 0) is 18.6 Å². The Balaban J connectivity index is 1.70. The van der Waals surface area contributed by atoms with Crippen LogP contribution in [0.1, 0.15) is 29.3 Å². The Morgan fingerprint density at radius 1 is 1.38 bits per heavy atom. The number of fused-ring (bicyclic) bond motifs is 3. The average Bonchev–Trinajstić information content (AvgIpc) is 2.92. The Morgan fingerprint density at radius 2 is 2.25 bits per heavy atom. The van der Waals surface area contributed by atoms with E-state index in [1.54, 1.807) is 41.6 Å². The first-order chi connectivity index (χ1) is 11.6. The first-order valence-electron chi connectivity index (χ1n) is 7.94. The Labute approximate surface area is 153 Å². The van der Waals surface area contributed by atoms with Crippen LogP contribution in [0.3, 0.4) is 0 Å². The van der Waals surface area contributed by atoms with Gasteiger partial charge in [0.1, 0.15) is 22.0 Å². The molecule has 1 aliphatic rings. The lowest BCUT2D eigenvalue weighted by Crippen LogP contribution is -2.08. The summed E-state index contributed by atoms with van der Waals surface area (Å²) in [7, 11) is 0. The van der Waals surface area contributed by atoms with Crippen molar-refractivity contribution in [1.82, 2.24) is 9.97 Å². The first kappa shape index (κ1) is 16.3. The molecule has 0 spiro atoms. The lowest BCUT2D eigenvalue weighted by molar-refractivity contribution is 0.509. The zero-order chi connectivity index (χ0) is 16.7. The molecule has 6 heteroatoms. The quantitative estimate of drug-likeness (QED) is 0.419. The SMILES string of the molecule is CC1CCc2c(sc3ncnc(SCc4c(F)cccc4Cl)c23)C1. The lowest BCUT2D eigenvalue weighted by Gasteiger charge is -2.18. The maximum Gasteiger partial charge on any atom is 0.128 e. The molecule has 0 saturated heterocycles. The van der Waals surface area contributed by atoms with Gasteiger partial charge in [-0.05, 0) is 42.9 Å². The maximum absolute atomic E-state index is 14.0. The van der Waals surface area contributed by atoms with Crippen LogP contribution in [0.15, 0.2) is 29.6 Å². The van der Waals surface area contributed by atoms with Crippen LogP contribution >= 0.6 is 34.7 Å². The van der Waals surface area contributed by atoms with Crippen molar-refractivity contribution in [2.24, 2.45) is 5.92 Å². The molecule has 4 rings (SSSR count). The number of benzene rings is 1. The van der Waals surface area contributed by atoms with Crippen LogP contribution in [0.4, 0.5) is 4.39 Å². The summed E-state index contributed by atoms with van der Waals surface area (Å²) in [5.74, 6) is 0.937. The maximum atomic E-state index is 14.0. The van der Waals surface area contributed by atoms with Gasteiger partial charge in [-0.2, -0.15) is 0 Å². The van der Waals surface area contributed by atoms with Crippen LogP contribution in [0.2, 0.25) is 5.02 Å². The van der Waals surface area contributed by atoms with E-state index in [9.17, 15) is 4.39 Å². The molecule has 2 heterocycles. The smallest absolute Gasteiger partial charge is 0.128 e. The minimum Gasteiger partial charge on any atom is -0.229 e. The third-order valence-corrected chi connectivity index (χ3v) is 7.00. The van der Waals surface area contributed by atoms with E-state index < -0.39 is 0 Å². The third kappa shape index (κ3) is 2.93. The number of nitrogens with zero attached hydrogens (tertiary/aromatic N) is 2. The van der Waals surface area contributed by atoms with Crippen LogP contribution in [0.25, 0.3) is 10.2 Å². The molecule has 124 valence electrons. The fourth-order valence-corrected chi connectivity index (χ4v) is 5.95. The molecule has 3 aromatic rings. The molecule has 0 aliphatic heterocycles. The van der Waals surface area contributed by atoms with Gasteiger partial charge in [0.2, 0.25) is 0 Å². The van der Waals surface area contributed by atoms with Gasteiger partial charge in [-0.15, -0.1) is 23.1 Å². The molecule has 1 unspecified atom stereocenters. The lowest BCUT2D eigenvalue weighted by atomic mass is 9.89. The van der Waals surface area contributed by atoms with Gasteiger partial charge < -0.3 is 0 Å². The van der Waals surface area contributed by atoms with Crippen LogP contribution < -0.4 is 0 Å². The number of hydrogen-bond donors (Lipinski definition) is 0. The van der Waals surface area contributed by atoms with Crippen molar-refractivity contribution in [3.05, 3.63) is 51.4 Å². The summed E-state index contributed by atoms with van der Waals surface area (Å²) in [6, 6.07) is 4.81. The second kappa shape index (κ2) is 6.62. The van der Waals surface area contributed by atoms with Crippen LogP contribution in [-0.4, -0.2) is 9.97 Å². The predicted octanol–water partition coefficient (Wildman–Crippen LogP) is 5.90. The largest absolute Gasteiger partial charge is 0.229 e. The number of halogens is 2. The molecule has 0 bridgehead atoms. The van der Waals surface area contributed by atoms with E-state index in [1.165, 1.54) is 28.3 Å². The van der Waals surface area contributed by atoms with Crippen molar-refractivity contribution >= 4 is 44.9 Å². The minimum atomic E-state index is -0.263. The molecular weight excluding hydrogens is 363 g/mol. The number of rotatable bonds is 3. The summed E-state index contributed by atoms with van der Waals surface area (Å²) in [6.07, 6.45) is 5.02. The van der Waals surface area contributed by atoms with Crippen molar-refractivity contribution in [1.29, 1.82) is 0 Å². The van der Waals surface area contributed by atoms with E-state index in [4.69, 9.17) is 11.6 Å². The fourth-order valence-electron chi connectivity index (χ4n) is 3.17. The van der Waals surface area contributed by atoms with Gasteiger partial charge in [0.15, 0.2) is 0 Å². The van der Waals surface area contributed by atoms with E-state index in [-0.39, 0.29) is 5.82 Å². The molecule has 1 aromatic carbocycles. The van der Waals surface area contributed by atoms with Crippen LogP contribution in [0, 0.1) is 11.7 Å². The monoisotopic (exact) mass is 378 g/mol. The second-order valence-electron chi connectivity index (χ2n) is 6.20. The van der Waals surface area contributed by atoms with E-state index >= 15 is 0 Å². The summed E-state index contributed by atoms with van der Waals surface area (Å²) in [5, 5.41) is 2.57. The molecule has 0 radical (unpaired) electrons. The van der Waals surface area contributed by atoms with Crippen molar-refractivity contribution in [3.63, 3.8) is 0 Å². The summed E-state index contributed by atoms with van der Waals surface area (Å²) >= 11 is 9.46. The van der Waals surface area contributed by atoms with Crippen molar-refractivity contribution in [3.8, 4) is 0 Å². The highest BCUT2D eigenvalue weighted by Crippen LogP contribution is 2.41. The van der Waals surface area contributed by atoms with E-state index in [0.29, 0.717) is 16.3 Å². The molecular formula is C18H16ClFN2S2. The molecule has 0 saturated carbocycles. The van der Waals surface area contributed by atoms with Gasteiger partial charge >= 0.3 is 0 Å². The highest BCUT2D eigenvalue weighted by atomic mass is 35.5. The molecule has 0 N–H and O–H groups in total. The minimum absolute atomic E-state index is 0.263. The number of thiophene rings is 1.